The summed E-state index contributed by atoms with van der Waals surface area (Å²) < 4.78 is 11.7. The lowest BCUT2D eigenvalue weighted by Crippen LogP contribution is -2.32. The van der Waals surface area contributed by atoms with Gasteiger partial charge in [0.05, 0.1) is 12.2 Å². The highest BCUT2D eigenvalue weighted by molar-refractivity contribution is 5.26. The maximum absolute atomic E-state index is 5.97. The molecule has 1 fully saturated rings. The summed E-state index contributed by atoms with van der Waals surface area (Å²) in [5, 5.41) is 3.42. The molecule has 2 atom stereocenters. The molecule has 0 bridgehead atoms. The van der Waals surface area contributed by atoms with Crippen LogP contribution in [-0.2, 0) is 4.74 Å². The predicted octanol–water partition coefficient (Wildman–Crippen LogP) is 2.92. The van der Waals surface area contributed by atoms with Crippen LogP contribution in [-0.4, -0.2) is 31.4 Å². The second-order valence-electron chi connectivity index (χ2n) is 5.64. The van der Waals surface area contributed by atoms with Gasteiger partial charge in [-0.05, 0) is 31.9 Å². The maximum Gasteiger partial charge on any atom is 0.119 e. The van der Waals surface area contributed by atoms with Crippen LogP contribution in [0.15, 0.2) is 24.3 Å². The summed E-state index contributed by atoms with van der Waals surface area (Å²) >= 11 is 0. The maximum atomic E-state index is 5.97. The average Bonchev–Trinajstić information content (AvgIpc) is 2.84. The zero-order chi connectivity index (χ0) is 13.7. The molecule has 0 amide bonds. The lowest BCUT2D eigenvalue weighted by atomic mass is 10.2. The van der Waals surface area contributed by atoms with Crippen LogP contribution < -0.4 is 10.1 Å². The number of benzene rings is 1. The van der Waals surface area contributed by atoms with Crippen molar-refractivity contribution in [2.75, 3.05) is 13.2 Å². The average molecular weight is 263 g/mol. The molecule has 0 spiro atoms. The third-order valence-electron chi connectivity index (χ3n) is 3.41. The Morgan fingerprint density at radius 2 is 1.89 bits per heavy atom. The van der Waals surface area contributed by atoms with Crippen LogP contribution >= 0.6 is 0 Å². The van der Waals surface area contributed by atoms with E-state index in [1.54, 1.807) is 0 Å². The summed E-state index contributed by atoms with van der Waals surface area (Å²) in [4.78, 5) is 0. The number of hydrogen-bond donors (Lipinski definition) is 1. The smallest absolute Gasteiger partial charge is 0.119 e. The Balaban J connectivity index is 1.69. The fraction of sp³-hybridized carbons (Fsp3) is 0.625. The van der Waals surface area contributed by atoms with Crippen LogP contribution in [0.1, 0.15) is 32.3 Å². The van der Waals surface area contributed by atoms with Crippen molar-refractivity contribution in [3.8, 4) is 5.75 Å². The fourth-order valence-corrected chi connectivity index (χ4v) is 2.24. The number of aryl methyl sites for hydroxylation is 1. The molecule has 1 heterocycles. The van der Waals surface area contributed by atoms with Crippen LogP contribution in [0.4, 0.5) is 0 Å². The van der Waals surface area contributed by atoms with Gasteiger partial charge in [-0.3, -0.25) is 0 Å². The number of rotatable bonds is 6. The first-order valence-corrected chi connectivity index (χ1v) is 7.22. The SMILES string of the molecule is Cc1ccc(OCC2CCC(CNC(C)C)O2)cc1. The van der Waals surface area contributed by atoms with E-state index < -0.39 is 0 Å². The van der Waals surface area contributed by atoms with Gasteiger partial charge in [-0.25, -0.2) is 0 Å². The lowest BCUT2D eigenvalue weighted by Gasteiger charge is -2.16. The second kappa shape index (κ2) is 6.92. The zero-order valence-corrected chi connectivity index (χ0v) is 12.2. The van der Waals surface area contributed by atoms with E-state index in [4.69, 9.17) is 9.47 Å². The molecule has 3 heteroatoms. The first-order chi connectivity index (χ1) is 9.13. The van der Waals surface area contributed by atoms with E-state index in [2.05, 4.69) is 38.2 Å². The first kappa shape index (κ1) is 14.4. The van der Waals surface area contributed by atoms with Crippen molar-refractivity contribution in [3.05, 3.63) is 29.8 Å². The van der Waals surface area contributed by atoms with E-state index in [1.165, 1.54) is 5.56 Å². The van der Waals surface area contributed by atoms with Gasteiger partial charge in [-0.1, -0.05) is 31.5 Å². The molecular weight excluding hydrogens is 238 g/mol. The van der Waals surface area contributed by atoms with Gasteiger partial charge in [-0.2, -0.15) is 0 Å². The van der Waals surface area contributed by atoms with Crippen molar-refractivity contribution in [3.63, 3.8) is 0 Å². The minimum Gasteiger partial charge on any atom is -0.491 e. The number of nitrogens with one attached hydrogen (secondary N) is 1. The van der Waals surface area contributed by atoms with Gasteiger partial charge in [0.2, 0.25) is 0 Å². The Morgan fingerprint density at radius 1 is 1.21 bits per heavy atom. The van der Waals surface area contributed by atoms with Crippen LogP contribution in [0.2, 0.25) is 0 Å². The molecule has 0 aromatic heterocycles. The molecule has 19 heavy (non-hydrogen) atoms. The summed E-state index contributed by atoms with van der Waals surface area (Å²) in [7, 11) is 0. The largest absolute Gasteiger partial charge is 0.491 e. The lowest BCUT2D eigenvalue weighted by molar-refractivity contribution is 0.0178. The van der Waals surface area contributed by atoms with Gasteiger partial charge in [0, 0.05) is 12.6 Å². The first-order valence-electron chi connectivity index (χ1n) is 7.22. The minimum atomic E-state index is 0.236. The van der Waals surface area contributed by atoms with Gasteiger partial charge in [0.1, 0.15) is 12.4 Å². The molecule has 3 nitrogen and oxygen atoms in total. The fourth-order valence-electron chi connectivity index (χ4n) is 2.24. The van der Waals surface area contributed by atoms with E-state index >= 15 is 0 Å². The monoisotopic (exact) mass is 263 g/mol. The number of hydrogen-bond acceptors (Lipinski definition) is 3. The Kier molecular flexibility index (Phi) is 5.23. The van der Waals surface area contributed by atoms with Crippen molar-refractivity contribution in [2.24, 2.45) is 0 Å². The van der Waals surface area contributed by atoms with E-state index in [-0.39, 0.29) is 6.10 Å². The van der Waals surface area contributed by atoms with Gasteiger partial charge in [0.15, 0.2) is 0 Å². The topological polar surface area (TPSA) is 30.5 Å². The molecule has 1 aromatic carbocycles. The summed E-state index contributed by atoms with van der Waals surface area (Å²) in [6.45, 7) is 8.00. The Labute approximate surface area is 116 Å². The highest BCUT2D eigenvalue weighted by Crippen LogP contribution is 2.21. The second-order valence-corrected chi connectivity index (χ2v) is 5.64. The molecule has 0 radical (unpaired) electrons. The molecule has 2 unspecified atom stereocenters. The van der Waals surface area contributed by atoms with Gasteiger partial charge in [0.25, 0.3) is 0 Å². The van der Waals surface area contributed by atoms with E-state index in [1.807, 2.05) is 12.1 Å². The molecule has 1 aliphatic rings. The molecular formula is C16H25NO2. The Morgan fingerprint density at radius 3 is 2.58 bits per heavy atom. The Bertz CT molecular complexity index is 375. The highest BCUT2D eigenvalue weighted by Gasteiger charge is 2.25. The molecule has 1 aliphatic heterocycles. The summed E-state index contributed by atoms with van der Waals surface area (Å²) in [5.74, 6) is 0.929. The van der Waals surface area contributed by atoms with Crippen molar-refractivity contribution in [1.29, 1.82) is 0 Å². The third-order valence-corrected chi connectivity index (χ3v) is 3.41. The minimum absolute atomic E-state index is 0.236. The van der Waals surface area contributed by atoms with Crippen molar-refractivity contribution in [2.45, 2.75) is 51.9 Å². The molecule has 1 N–H and O–H groups in total. The van der Waals surface area contributed by atoms with Crippen molar-refractivity contribution >= 4 is 0 Å². The van der Waals surface area contributed by atoms with Crippen molar-refractivity contribution < 1.29 is 9.47 Å². The number of ether oxygens (including phenoxy) is 2. The molecule has 2 rings (SSSR count). The zero-order valence-electron chi connectivity index (χ0n) is 12.2. The van der Waals surface area contributed by atoms with E-state index in [9.17, 15) is 0 Å². The normalized spacial score (nSPS) is 22.9. The molecule has 106 valence electrons. The van der Waals surface area contributed by atoms with Crippen LogP contribution in [0, 0.1) is 6.92 Å². The molecule has 0 saturated carbocycles. The van der Waals surface area contributed by atoms with Crippen LogP contribution in [0.5, 0.6) is 5.75 Å². The summed E-state index contributed by atoms with van der Waals surface area (Å²) in [6.07, 6.45) is 2.80. The van der Waals surface area contributed by atoms with Crippen LogP contribution in [0.25, 0.3) is 0 Å². The van der Waals surface area contributed by atoms with Crippen molar-refractivity contribution in [1.82, 2.24) is 5.32 Å². The summed E-state index contributed by atoms with van der Waals surface area (Å²) in [5.41, 5.74) is 1.25. The summed E-state index contributed by atoms with van der Waals surface area (Å²) in [6, 6.07) is 8.69. The standard InChI is InChI=1S/C16H25NO2/c1-12(2)17-10-15-8-9-16(19-15)11-18-14-6-4-13(3)5-7-14/h4-7,12,15-17H,8-11H2,1-3H3. The third kappa shape index (κ3) is 4.84. The highest BCUT2D eigenvalue weighted by atomic mass is 16.5. The molecule has 1 saturated heterocycles. The predicted molar refractivity (Wildman–Crippen MR) is 77.7 cm³/mol. The van der Waals surface area contributed by atoms with E-state index in [0.717, 1.165) is 25.1 Å². The van der Waals surface area contributed by atoms with Gasteiger partial charge in [-0.15, -0.1) is 0 Å². The van der Waals surface area contributed by atoms with Crippen LogP contribution in [0.3, 0.4) is 0 Å². The van der Waals surface area contributed by atoms with Gasteiger partial charge < -0.3 is 14.8 Å². The van der Waals surface area contributed by atoms with Gasteiger partial charge >= 0.3 is 0 Å². The van der Waals surface area contributed by atoms with E-state index in [0.29, 0.717) is 18.8 Å². The quantitative estimate of drug-likeness (QED) is 0.856. The molecule has 1 aromatic rings. The Hall–Kier alpha value is -1.06. The molecule has 0 aliphatic carbocycles.